The lowest BCUT2D eigenvalue weighted by Gasteiger charge is -2.34. The van der Waals surface area contributed by atoms with Gasteiger partial charge in [0.2, 0.25) is 11.8 Å². The molecular weight excluding hydrogens is 386 g/mol. The minimum Gasteiger partial charge on any atom is -0.370 e. The third-order valence-corrected chi connectivity index (χ3v) is 5.63. The van der Waals surface area contributed by atoms with Crippen LogP contribution in [0, 0.1) is 5.41 Å². The van der Waals surface area contributed by atoms with E-state index >= 15 is 0 Å². The third kappa shape index (κ3) is 4.74. The maximum atomic E-state index is 12.9. The highest BCUT2D eigenvalue weighted by Gasteiger charge is 2.48. The molecule has 0 bridgehead atoms. The number of fused-ring (bicyclic) bond motifs is 1. The van der Waals surface area contributed by atoms with Crippen LogP contribution in [0.3, 0.4) is 0 Å². The predicted molar refractivity (Wildman–Crippen MR) is 113 cm³/mol. The summed E-state index contributed by atoms with van der Waals surface area (Å²) in [7, 11) is 0. The van der Waals surface area contributed by atoms with E-state index in [1.54, 1.807) is 0 Å². The Balaban J connectivity index is 2.12. The minimum absolute atomic E-state index is 0.135. The molecule has 0 fully saturated rings. The molecular formula is C21H29N5O4. The Hall–Kier alpha value is -3.04. The molecule has 162 valence electrons. The van der Waals surface area contributed by atoms with Crippen molar-refractivity contribution in [2.24, 2.45) is 28.3 Å². The molecule has 1 aromatic carbocycles. The highest BCUT2D eigenvalue weighted by molar-refractivity contribution is 6.13. The van der Waals surface area contributed by atoms with Crippen LogP contribution >= 0.6 is 0 Å². The quantitative estimate of drug-likeness (QED) is 0.322. The van der Waals surface area contributed by atoms with Crippen molar-refractivity contribution in [1.29, 1.82) is 0 Å². The number of primary amides is 2. The molecule has 2 atom stereocenters. The van der Waals surface area contributed by atoms with Gasteiger partial charge in [-0.3, -0.25) is 19.2 Å². The molecule has 0 aliphatic heterocycles. The Morgan fingerprint density at radius 3 is 2.27 bits per heavy atom. The van der Waals surface area contributed by atoms with E-state index in [1.807, 2.05) is 30.3 Å². The number of carbonyl (C=O) groups is 4. The number of benzene rings is 1. The SMILES string of the molecule is CC(C)(C(=O)CCc1cc2ccccc2[nH]1)[C@H](N)C(=O)C(N)(CCC(N)=O)C(N)=O. The first-order valence-electron chi connectivity index (χ1n) is 9.66. The number of ketones is 2. The zero-order valence-electron chi connectivity index (χ0n) is 17.2. The van der Waals surface area contributed by atoms with Gasteiger partial charge >= 0.3 is 0 Å². The zero-order valence-corrected chi connectivity index (χ0v) is 17.2. The summed E-state index contributed by atoms with van der Waals surface area (Å²) in [5, 5.41) is 1.04. The van der Waals surface area contributed by atoms with E-state index in [9.17, 15) is 19.2 Å². The number of aryl methyl sites for hydroxylation is 1. The summed E-state index contributed by atoms with van der Waals surface area (Å²) in [5.41, 5.74) is 20.8. The molecule has 0 spiro atoms. The third-order valence-electron chi connectivity index (χ3n) is 5.63. The van der Waals surface area contributed by atoms with Crippen molar-refractivity contribution in [1.82, 2.24) is 4.98 Å². The summed E-state index contributed by atoms with van der Waals surface area (Å²) in [6.45, 7) is 3.05. The summed E-state index contributed by atoms with van der Waals surface area (Å²) in [6.07, 6.45) is -0.116. The maximum absolute atomic E-state index is 12.9. The van der Waals surface area contributed by atoms with Crippen LogP contribution in [0.1, 0.15) is 38.8 Å². The summed E-state index contributed by atoms with van der Waals surface area (Å²) in [6, 6.07) is 8.33. The van der Waals surface area contributed by atoms with Gasteiger partial charge in [0.15, 0.2) is 11.3 Å². The average molecular weight is 415 g/mol. The number of hydrogen-bond donors (Lipinski definition) is 5. The number of H-pyrrole nitrogens is 1. The van der Waals surface area contributed by atoms with Crippen LogP contribution in [0.4, 0.5) is 0 Å². The largest absolute Gasteiger partial charge is 0.370 e. The van der Waals surface area contributed by atoms with Crippen LogP contribution < -0.4 is 22.9 Å². The second-order valence-corrected chi connectivity index (χ2v) is 8.17. The smallest absolute Gasteiger partial charge is 0.245 e. The van der Waals surface area contributed by atoms with Crippen LogP contribution in [0.15, 0.2) is 30.3 Å². The normalized spacial score (nSPS) is 14.8. The second-order valence-electron chi connectivity index (χ2n) is 8.17. The van der Waals surface area contributed by atoms with Crippen molar-refractivity contribution >= 4 is 34.3 Å². The molecule has 2 rings (SSSR count). The molecule has 1 heterocycles. The number of carbonyl (C=O) groups excluding carboxylic acids is 4. The van der Waals surface area contributed by atoms with Gasteiger partial charge in [0.1, 0.15) is 5.78 Å². The number of hydrogen-bond acceptors (Lipinski definition) is 6. The number of para-hydroxylation sites is 1. The Kier molecular flexibility index (Phi) is 6.79. The molecule has 0 aliphatic rings. The predicted octanol–water partition coefficient (Wildman–Crippen LogP) is 0.0405. The number of Topliss-reactive ketones (excluding diaryl/α,β-unsaturated/α-hetero) is 2. The number of nitrogens with one attached hydrogen (secondary N) is 1. The van der Waals surface area contributed by atoms with Crippen LogP contribution in [-0.2, 0) is 25.6 Å². The van der Waals surface area contributed by atoms with Gasteiger partial charge in [-0.05, 0) is 30.4 Å². The topological polar surface area (TPSA) is 188 Å². The van der Waals surface area contributed by atoms with Crippen molar-refractivity contribution in [2.45, 2.75) is 51.1 Å². The number of amides is 2. The Morgan fingerprint density at radius 2 is 1.70 bits per heavy atom. The number of nitrogens with two attached hydrogens (primary N) is 4. The molecule has 0 saturated carbocycles. The molecule has 9 nitrogen and oxygen atoms in total. The fourth-order valence-electron chi connectivity index (χ4n) is 3.31. The number of rotatable bonds is 11. The van der Waals surface area contributed by atoms with Crippen LogP contribution in [-0.4, -0.2) is 39.9 Å². The molecule has 1 unspecified atom stereocenters. The summed E-state index contributed by atoms with van der Waals surface area (Å²) < 4.78 is 0. The van der Waals surface area contributed by atoms with Gasteiger partial charge in [-0.15, -0.1) is 0 Å². The van der Waals surface area contributed by atoms with Gasteiger partial charge in [-0.1, -0.05) is 32.0 Å². The van der Waals surface area contributed by atoms with E-state index in [2.05, 4.69) is 4.98 Å². The highest BCUT2D eigenvalue weighted by atomic mass is 16.2. The van der Waals surface area contributed by atoms with E-state index in [1.165, 1.54) is 13.8 Å². The summed E-state index contributed by atoms with van der Waals surface area (Å²) in [4.78, 5) is 51.9. The molecule has 2 amide bonds. The molecule has 9 N–H and O–H groups in total. The average Bonchev–Trinajstić information content (AvgIpc) is 3.11. The van der Waals surface area contributed by atoms with E-state index in [0.29, 0.717) is 6.42 Å². The molecule has 2 aromatic rings. The van der Waals surface area contributed by atoms with Crippen molar-refractivity contribution in [3.05, 3.63) is 36.0 Å². The standard InChI is InChI=1S/C21H29N5O4/c1-20(2,17(23)18(29)21(25,19(24)30)10-9-16(22)28)15(27)8-7-13-11-12-5-3-4-6-14(12)26-13/h3-6,11,17,26H,7-10,23,25H2,1-2H3,(H2,22,28)(H2,24,30)/t17-,21?/m1/s1. The van der Waals surface area contributed by atoms with E-state index in [4.69, 9.17) is 22.9 Å². The maximum Gasteiger partial charge on any atom is 0.245 e. The first-order chi connectivity index (χ1) is 13.9. The first kappa shape index (κ1) is 23.2. The molecule has 1 aromatic heterocycles. The number of aromatic amines is 1. The fourth-order valence-corrected chi connectivity index (χ4v) is 3.31. The van der Waals surface area contributed by atoms with Crippen LogP contribution in [0.5, 0.6) is 0 Å². The summed E-state index contributed by atoms with van der Waals surface area (Å²) in [5.74, 6) is -3.00. The molecule has 0 radical (unpaired) electrons. The van der Waals surface area contributed by atoms with Gasteiger partial charge in [0.25, 0.3) is 0 Å². The molecule has 0 aliphatic carbocycles. The monoisotopic (exact) mass is 415 g/mol. The van der Waals surface area contributed by atoms with Gasteiger partial charge in [-0.25, -0.2) is 0 Å². The van der Waals surface area contributed by atoms with Crippen molar-refractivity contribution in [3.63, 3.8) is 0 Å². The Morgan fingerprint density at radius 1 is 1.07 bits per heavy atom. The zero-order chi connectivity index (χ0) is 22.7. The van der Waals surface area contributed by atoms with Gasteiger partial charge in [-0.2, -0.15) is 0 Å². The second kappa shape index (κ2) is 8.76. The number of aromatic nitrogens is 1. The van der Waals surface area contributed by atoms with Crippen molar-refractivity contribution in [3.8, 4) is 0 Å². The Bertz CT molecular complexity index is 948. The lowest BCUT2D eigenvalue weighted by molar-refractivity contribution is -0.141. The van der Waals surface area contributed by atoms with E-state index < -0.39 is 34.6 Å². The minimum atomic E-state index is -2.18. The summed E-state index contributed by atoms with van der Waals surface area (Å²) >= 11 is 0. The molecule has 9 heteroatoms. The molecule has 30 heavy (non-hydrogen) atoms. The van der Waals surface area contributed by atoms with Crippen LogP contribution in [0.2, 0.25) is 0 Å². The van der Waals surface area contributed by atoms with Gasteiger partial charge in [0.05, 0.1) is 6.04 Å². The van der Waals surface area contributed by atoms with Crippen molar-refractivity contribution in [2.75, 3.05) is 0 Å². The Labute approximate surface area is 174 Å². The van der Waals surface area contributed by atoms with E-state index in [0.717, 1.165) is 16.6 Å². The van der Waals surface area contributed by atoms with Crippen molar-refractivity contribution < 1.29 is 19.2 Å². The fraction of sp³-hybridized carbons (Fsp3) is 0.429. The van der Waals surface area contributed by atoms with E-state index in [-0.39, 0.29) is 25.0 Å². The highest BCUT2D eigenvalue weighted by Crippen LogP contribution is 2.28. The lowest BCUT2D eigenvalue weighted by Crippen LogP contribution is -2.66. The molecule has 0 saturated heterocycles. The van der Waals surface area contributed by atoms with Gasteiger partial charge in [0, 0.05) is 29.5 Å². The van der Waals surface area contributed by atoms with Crippen LogP contribution in [0.25, 0.3) is 10.9 Å². The first-order valence-corrected chi connectivity index (χ1v) is 9.66. The van der Waals surface area contributed by atoms with Gasteiger partial charge < -0.3 is 27.9 Å². The lowest BCUT2D eigenvalue weighted by atomic mass is 9.72.